The normalized spacial score (nSPS) is 16.4. The van der Waals surface area contributed by atoms with Crippen LogP contribution in [0.15, 0.2) is 54.6 Å². The number of halogens is 4. The first-order valence-electron chi connectivity index (χ1n) is 9.81. The van der Waals surface area contributed by atoms with E-state index in [4.69, 9.17) is 11.6 Å². The Kier molecular flexibility index (Phi) is 6.03. The smallest absolute Gasteiger partial charge is 0.416 e. The van der Waals surface area contributed by atoms with E-state index in [2.05, 4.69) is 14.9 Å². The molecule has 1 aliphatic rings. The van der Waals surface area contributed by atoms with Gasteiger partial charge < -0.3 is 9.64 Å². The summed E-state index contributed by atoms with van der Waals surface area (Å²) < 4.78 is 44.5. The molecule has 172 valence electrons. The zero-order valence-electron chi connectivity index (χ0n) is 17.3. The van der Waals surface area contributed by atoms with Gasteiger partial charge in [-0.1, -0.05) is 23.7 Å². The van der Waals surface area contributed by atoms with Crippen LogP contribution < -0.4 is 4.90 Å². The molecule has 0 aliphatic carbocycles. The summed E-state index contributed by atoms with van der Waals surface area (Å²) in [6.07, 6.45) is -4.51. The van der Waals surface area contributed by atoms with E-state index >= 15 is 0 Å². The van der Waals surface area contributed by atoms with Gasteiger partial charge in [-0.15, -0.1) is 0 Å². The third-order valence-corrected chi connectivity index (χ3v) is 5.52. The highest BCUT2D eigenvalue weighted by Gasteiger charge is 2.40. The molecule has 0 spiro atoms. The van der Waals surface area contributed by atoms with E-state index in [0.29, 0.717) is 22.0 Å². The predicted octanol–water partition coefficient (Wildman–Crippen LogP) is 5.05. The van der Waals surface area contributed by atoms with E-state index in [9.17, 15) is 22.8 Å². The highest BCUT2D eigenvalue weighted by Crippen LogP contribution is 2.38. The summed E-state index contributed by atoms with van der Waals surface area (Å²) in [6.45, 7) is 0.192. The second-order valence-corrected chi connectivity index (χ2v) is 7.85. The molecular formula is C22H18ClF3N4O3. The molecule has 0 radical (unpaired) electrons. The summed E-state index contributed by atoms with van der Waals surface area (Å²) in [6, 6.07) is 11.8. The molecule has 1 saturated heterocycles. The number of nitrogens with one attached hydrogen (secondary N) is 1. The number of aromatic amines is 1. The van der Waals surface area contributed by atoms with Gasteiger partial charge >= 0.3 is 18.2 Å². The second-order valence-electron chi connectivity index (χ2n) is 7.42. The molecule has 11 heteroatoms. The van der Waals surface area contributed by atoms with E-state index in [1.165, 1.54) is 29.0 Å². The van der Waals surface area contributed by atoms with Crippen molar-refractivity contribution in [3.63, 3.8) is 0 Å². The quantitative estimate of drug-likeness (QED) is 0.520. The minimum atomic E-state index is -4.51. The summed E-state index contributed by atoms with van der Waals surface area (Å²) in [7, 11) is 1.23. The number of methoxy groups -OCH3 is 1. The third-order valence-electron chi connectivity index (χ3n) is 5.27. The molecule has 4 rings (SSSR count). The molecule has 1 unspecified atom stereocenters. The highest BCUT2D eigenvalue weighted by molar-refractivity contribution is 6.30. The number of hydrogen-bond acceptors (Lipinski definition) is 4. The first-order valence-corrected chi connectivity index (χ1v) is 10.2. The molecule has 1 atom stereocenters. The van der Waals surface area contributed by atoms with E-state index in [0.717, 1.165) is 12.1 Å². The van der Waals surface area contributed by atoms with Crippen LogP contribution in [0.1, 0.15) is 33.4 Å². The number of rotatable bonds is 5. The van der Waals surface area contributed by atoms with Crippen LogP contribution in [0.2, 0.25) is 5.02 Å². The van der Waals surface area contributed by atoms with E-state index in [1.807, 2.05) is 0 Å². The SMILES string of the molecule is COC(=O)c1cc(CN2CC(c3cccc(C(F)(F)F)c3)N(c3ccc(Cl)cc3)C2=O)[nH]n1. The number of hydrogen-bond donors (Lipinski definition) is 1. The number of ether oxygens (including phenoxy) is 1. The van der Waals surface area contributed by atoms with Crippen LogP contribution in [-0.2, 0) is 17.5 Å². The van der Waals surface area contributed by atoms with Gasteiger partial charge in [-0.3, -0.25) is 10.00 Å². The van der Waals surface area contributed by atoms with Crippen LogP contribution in [0.4, 0.5) is 23.7 Å². The highest BCUT2D eigenvalue weighted by atomic mass is 35.5. The third kappa shape index (κ3) is 4.65. The lowest BCUT2D eigenvalue weighted by atomic mass is 10.0. The Hall–Kier alpha value is -3.53. The molecule has 1 aromatic heterocycles. The van der Waals surface area contributed by atoms with Crippen molar-refractivity contribution in [3.8, 4) is 0 Å². The van der Waals surface area contributed by atoms with Gasteiger partial charge in [-0.2, -0.15) is 18.3 Å². The van der Waals surface area contributed by atoms with Gasteiger partial charge in [0.15, 0.2) is 5.69 Å². The standard InChI is InChI=1S/C22H18ClF3N4O3/c1-33-20(31)18-10-16(27-28-18)11-29-12-19(13-3-2-4-14(9-13)22(24,25)26)30(21(29)32)17-7-5-15(23)6-8-17/h2-10,19H,11-12H2,1H3,(H,27,28). The van der Waals surface area contributed by atoms with Gasteiger partial charge in [0.1, 0.15) is 0 Å². The number of carbonyl (C=O) groups excluding carboxylic acids is 2. The molecule has 2 amide bonds. The first kappa shape index (κ1) is 22.7. The average molecular weight is 479 g/mol. The molecule has 33 heavy (non-hydrogen) atoms. The molecule has 3 aromatic rings. The van der Waals surface area contributed by atoms with E-state index < -0.39 is 29.8 Å². The number of urea groups is 1. The van der Waals surface area contributed by atoms with Crippen LogP contribution in [0.3, 0.4) is 0 Å². The van der Waals surface area contributed by atoms with Crippen molar-refractivity contribution < 1.29 is 27.5 Å². The molecule has 1 aliphatic heterocycles. The van der Waals surface area contributed by atoms with E-state index in [1.54, 1.807) is 30.3 Å². The van der Waals surface area contributed by atoms with Gasteiger partial charge in [-0.25, -0.2) is 9.59 Å². The fraction of sp³-hybridized carbons (Fsp3) is 0.227. The molecule has 1 N–H and O–H groups in total. The van der Waals surface area contributed by atoms with Crippen molar-refractivity contribution in [1.82, 2.24) is 15.1 Å². The Morgan fingerprint density at radius 1 is 1.21 bits per heavy atom. The maximum Gasteiger partial charge on any atom is 0.416 e. The number of amides is 2. The summed E-state index contributed by atoms with van der Waals surface area (Å²) in [5.74, 6) is -0.630. The predicted molar refractivity (Wildman–Crippen MR) is 114 cm³/mol. The monoisotopic (exact) mass is 478 g/mol. The van der Waals surface area contributed by atoms with Crippen molar-refractivity contribution in [2.75, 3.05) is 18.6 Å². The second kappa shape index (κ2) is 8.78. The van der Waals surface area contributed by atoms with Crippen molar-refractivity contribution in [2.45, 2.75) is 18.8 Å². The Bertz CT molecular complexity index is 1180. The first-order chi connectivity index (χ1) is 15.7. The minimum Gasteiger partial charge on any atom is -0.464 e. The largest absolute Gasteiger partial charge is 0.464 e. The molecule has 0 saturated carbocycles. The van der Waals surface area contributed by atoms with Crippen molar-refractivity contribution in [1.29, 1.82) is 0 Å². The number of anilines is 1. The van der Waals surface area contributed by atoms with E-state index in [-0.39, 0.29) is 18.8 Å². The Morgan fingerprint density at radius 3 is 2.61 bits per heavy atom. The summed E-state index contributed by atoms with van der Waals surface area (Å²) in [5, 5.41) is 7.01. The van der Waals surface area contributed by atoms with Gasteiger partial charge in [0, 0.05) is 17.3 Å². The maximum atomic E-state index is 13.3. The number of esters is 1. The van der Waals surface area contributed by atoms with Gasteiger partial charge in [0.05, 0.1) is 31.0 Å². The molecule has 0 bridgehead atoms. The van der Waals surface area contributed by atoms with Crippen molar-refractivity contribution in [3.05, 3.63) is 82.1 Å². The van der Waals surface area contributed by atoms with Crippen LogP contribution >= 0.6 is 11.6 Å². The van der Waals surface area contributed by atoms with Gasteiger partial charge in [0.2, 0.25) is 0 Å². The zero-order chi connectivity index (χ0) is 23.8. The summed E-state index contributed by atoms with van der Waals surface area (Å²) >= 11 is 5.97. The Balaban J connectivity index is 1.68. The lowest BCUT2D eigenvalue weighted by Crippen LogP contribution is -2.32. The molecule has 7 nitrogen and oxygen atoms in total. The maximum absolute atomic E-state index is 13.3. The Morgan fingerprint density at radius 2 is 1.94 bits per heavy atom. The number of H-pyrrole nitrogens is 1. The minimum absolute atomic E-state index is 0.0585. The number of nitrogens with zero attached hydrogens (tertiary/aromatic N) is 3. The number of benzene rings is 2. The summed E-state index contributed by atoms with van der Waals surface area (Å²) in [4.78, 5) is 27.9. The molecule has 2 aromatic carbocycles. The Labute approximate surface area is 191 Å². The topological polar surface area (TPSA) is 78.5 Å². The molecular weight excluding hydrogens is 461 g/mol. The number of aromatic nitrogens is 2. The van der Waals surface area contributed by atoms with Crippen LogP contribution in [-0.4, -0.2) is 40.8 Å². The fourth-order valence-corrected chi connectivity index (χ4v) is 3.84. The van der Waals surface area contributed by atoms with Crippen LogP contribution in [0.25, 0.3) is 0 Å². The lowest BCUT2D eigenvalue weighted by molar-refractivity contribution is -0.137. The van der Waals surface area contributed by atoms with Gasteiger partial charge in [-0.05, 0) is 48.0 Å². The lowest BCUT2D eigenvalue weighted by Gasteiger charge is -2.24. The zero-order valence-corrected chi connectivity index (χ0v) is 18.0. The van der Waals surface area contributed by atoms with Crippen LogP contribution in [0.5, 0.6) is 0 Å². The van der Waals surface area contributed by atoms with Gasteiger partial charge in [0.25, 0.3) is 0 Å². The molecule has 1 fully saturated rings. The number of carbonyl (C=O) groups is 2. The van der Waals surface area contributed by atoms with Crippen molar-refractivity contribution in [2.24, 2.45) is 0 Å². The van der Waals surface area contributed by atoms with Crippen molar-refractivity contribution >= 4 is 29.3 Å². The fourth-order valence-electron chi connectivity index (χ4n) is 3.71. The number of alkyl halides is 3. The molecule has 2 heterocycles. The average Bonchev–Trinajstić information content (AvgIpc) is 3.39. The summed E-state index contributed by atoms with van der Waals surface area (Å²) in [5.41, 5.74) is 0.579. The van der Waals surface area contributed by atoms with Crippen LogP contribution in [0, 0.1) is 0 Å².